The van der Waals surface area contributed by atoms with Crippen molar-refractivity contribution in [2.75, 3.05) is 10.6 Å². The fourth-order valence-electron chi connectivity index (χ4n) is 3.54. The molecule has 2 amide bonds. The van der Waals surface area contributed by atoms with Crippen LogP contribution in [0.25, 0.3) is 0 Å². The molecular weight excluding hydrogens is 414 g/mol. The van der Waals surface area contributed by atoms with Gasteiger partial charge in [0.1, 0.15) is 6.04 Å². The Bertz CT molecular complexity index is 1110. The third-order valence-electron chi connectivity index (χ3n) is 5.60. The predicted molar refractivity (Wildman–Crippen MR) is 122 cm³/mol. The maximum atomic E-state index is 13.1. The highest BCUT2D eigenvalue weighted by Gasteiger charge is 2.29. The summed E-state index contributed by atoms with van der Waals surface area (Å²) in [4.78, 5) is 24.8. The molecule has 1 atom stereocenters. The highest BCUT2D eigenvalue weighted by molar-refractivity contribution is 7.89. The van der Waals surface area contributed by atoms with E-state index in [1.807, 2.05) is 26.0 Å². The average molecular weight is 444 g/mol. The molecule has 0 bridgehead atoms. The topological polar surface area (TPSA) is 104 Å². The van der Waals surface area contributed by atoms with E-state index in [0.29, 0.717) is 30.6 Å². The Hall–Kier alpha value is -2.71. The van der Waals surface area contributed by atoms with Crippen LogP contribution in [0.5, 0.6) is 0 Å². The number of benzene rings is 2. The molecule has 1 aliphatic rings. The molecule has 31 heavy (non-hydrogen) atoms. The maximum absolute atomic E-state index is 13.1. The predicted octanol–water partition coefficient (Wildman–Crippen LogP) is 3.52. The fraction of sp³-hybridized carbons (Fsp3) is 0.391. The van der Waals surface area contributed by atoms with Crippen LogP contribution in [0.3, 0.4) is 0 Å². The number of hydrogen-bond donors (Lipinski definition) is 3. The Morgan fingerprint density at radius 2 is 1.84 bits per heavy atom. The summed E-state index contributed by atoms with van der Waals surface area (Å²) in [6.07, 6.45) is 1.67. The molecule has 3 N–H and O–H groups in total. The van der Waals surface area contributed by atoms with Crippen LogP contribution in [0.1, 0.15) is 43.4 Å². The molecule has 0 aromatic heterocycles. The fourth-order valence-corrected chi connectivity index (χ4v) is 4.94. The molecule has 0 saturated carbocycles. The zero-order chi connectivity index (χ0) is 22.8. The highest BCUT2D eigenvalue weighted by atomic mass is 32.2. The smallest absolute Gasteiger partial charge is 0.242 e. The monoisotopic (exact) mass is 443 g/mol. The number of carbonyl (C=O) groups excluding carboxylic acids is 2. The molecule has 8 heteroatoms. The van der Waals surface area contributed by atoms with Crippen molar-refractivity contribution in [1.29, 1.82) is 0 Å². The SMILES string of the molecule is Cc1cccc(NC(=O)C(NS(=O)(=O)c2ccc3c(c2)CCCC(=O)N3)C(C)C)c1C. The van der Waals surface area contributed by atoms with Crippen molar-refractivity contribution in [2.24, 2.45) is 5.92 Å². The molecular formula is C23H29N3O4S. The molecule has 0 radical (unpaired) electrons. The Labute approximate surface area is 183 Å². The number of sulfonamides is 1. The number of hydrogen-bond acceptors (Lipinski definition) is 4. The maximum Gasteiger partial charge on any atom is 0.242 e. The zero-order valence-electron chi connectivity index (χ0n) is 18.3. The first-order valence-electron chi connectivity index (χ1n) is 10.4. The first-order valence-corrected chi connectivity index (χ1v) is 11.9. The van der Waals surface area contributed by atoms with Crippen LogP contribution in [-0.2, 0) is 26.0 Å². The van der Waals surface area contributed by atoms with Gasteiger partial charge in [-0.2, -0.15) is 4.72 Å². The summed E-state index contributed by atoms with van der Waals surface area (Å²) in [6, 6.07) is 9.29. The van der Waals surface area contributed by atoms with Gasteiger partial charge in [0.25, 0.3) is 0 Å². The second-order valence-corrected chi connectivity index (χ2v) is 10.0. The zero-order valence-corrected chi connectivity index (χ0v) is 19.1. The Morgan fingerprint density at radius 1 is 1.10 bits per heavy atom. The molecule has 0 saturated heterocycles. The second-order valence-electron chi connectivity index (χ2n) is 8.30. The summed E-state index contributed by atoms with van der Waals surface area (Å²) < 4.78 is 28.7. The highest BCUT2D eigenvalue weighted by Crippen LogP contribution is 2.26. The van der Waals surface area contributed by atoms with Gasteiger partial charge in [0.2, 0.25) is 21.8 Å². The van der Waals surface area contributed by atoms with E-state index in [1.165, 1.54) is 6.07 Å². The van der Waals surface area contributed by atoms with Crippen molar-refractivity contribution in [1.82, 2.24) is 4.72 Å². The van der Waals surface area contributed by atoms with Gasteiger partial charge in [-0.15, -0.1) is 0 Å². The third kappa shape index (κ3) is 5.32. The van der Waals surface area contributed by atoms with E-state index in [4.69, 9.17) is 0 Å². The van der Waals surface area contributed by atoms with Crippen LogP contribution in [-0.4, -0.2) is 26.3 Å². The summed E-state index contributed by atoms with van der Waals surface area (Å²) in [5, 5.41) is 5.65. The van der Waals surface area contributed by atoms with E-state index in [1.54, 1.807) is 32.0 Å². The third-order valence-corrected chi connectivity index (χ3v) is 7.04. The molecule has 3 rings (SSSR count). The van der Waals surface area contributed by atoms with E-state index in [2.05, 4.69) is 15.4 Å². The summed E-state index contributed by atoms with van der Waals surface area (Å²) in [7, 11) is -3.94. The van der Waals surface area contributed by atoms with E-state index < -0.39 is 22.0 Å². The van der Waals surface area contributed by atoms with Crippen LogP contribution >= 0.6 is 0 Å². The number of fused-ring (bicyclic) bond motifs is 1. The van der Waals surface area contributed by atoms with Gasteiger partial charge < -0.3 is 10.6 Å². The van der Waals surface area contributed by atoms with Crippen molar-refractivity contribution in [3.8, 4) is 0 Å². The lowest BCUT2D eigenvalue weighted by Gasteiger charge is -2.23. The van der Waals surface area contributed by atoms with Crippen LogP contribution in [0.15, 0.2) is 41.3 Å². The van der Waals surface area contributed by atoms with Gasteiger partial charge in [-0.25, -0.2) is 8.42 Å². The van der Waals surface area contributed by atoms with E-state index in [0.717, 1.165) is 16.7 Å². The van der Waals surface area contributed by atoms with Crippen molar-refractivity contribution in [3.05, 3.63) is 53.1 Å². The largest absolute Gasteiger partial charge is 0.326 e. The first kappa shape index (κ1) is 23.0. The quantitative estimate of drug-likeness (QED) is 0.635. The van der Waals surface area contributed by atoms with Gasteiger partial charge in [0, 0.05) is 17.8 Å². The lowest BCUT2D eigenvalue weighted by atomic mass is 10.0. The summed E-state index contributed by atoms with van der Waals surface area (Å²) in [6.45, 7) is 7.45. The summed E-state index contributed by atoms with van der Waals surface area (Å²) >= 11 is 0. The number of carbonyl (C=O) groups is 2. The number of nitrogens with one attached hydrogen (secondary N) is 3. The Balaban J connectivity index is 1.83. The molecule has 2 aromatic carbocycles. The molecule has 0 aliphatic carbocycles. The summed E-state index contributed by atoms with van der Waals surface area (Å²) in [5.41, 5.74) is 4.05. The number of anilines is 2. The van der Waals surface area contributed by atoms with E-state index in [9.17, 15) is 18.0 Å². The minimum Gasteiger partial charge on any atom is -0.326 e. The van der Waals surface area contributed by atoms with E-state index >= 15 is 0 Å². The molecule has 7 nitrogen and oxygen atoms in total. The molecule has 1 heterocycles. The van der Waals surface area contributed by atoms with Crippen LogP contribution < -0.4 is 15.4 Å². The minimum atomic E-state index is -3.94. The van der Waals surface area contributed by atoms with Crippen LogP contribution in [0, 0.1) is 19.8 Å². The van der Waals surface area contributed by atoms with Gasteiger partial charge in [-0.3, -0.25) is 9.59 Å². The summed E-state index contributed by atoms with van der Waals surface area (Å²) in [5.74, 6) is -0.746. The van der Waals surface area contributed by atoms with Crippen molar-refractivity contribution < 1.29 is 18.0 Å². The number of amides is 2. The standard InChI is InChI=1S/C23H29N3O4S/c1-14(2)22(23(28)25-19-9-5-7-15(3)16(19)4)26-31(29,30)18-11-12-20-17(13-18)8-6-10-21(27)24-20/h5,7,9,11-14,22,26H,6,8,10H2,1-4H3,(H,24,27)(H,25,28). The van der Waals surface area contributed by atoms with Crippen molar-refractivity contribution in [2.45, 2.75) is 57.9 Å². The number of rotatable bonds is 6. The van der Waals surface area contributed by atoms with Crippen molar-refractivity contribution >= 4 is 33.2 Å². The Kier molecular flexibility index (Phi) is 6.81. The molecule has 2 aromatic rings. The molecule has 0 fully saturated rings. The Morgan fingerprint density at radius 3 is 2.55 bits per heavy atom. The normalized spacial score (nSPS) is 15.1. The van der Waals surface area contributed by atoms with Crippen molar-refractivity contribution in [3.63, 3.8) is 0 Å². The van der Waals surface area contributed by atoms with Gasteiger partial charge in [-0.05, 0) is 73.6 Å². The lowest BCUT2D eigenvalue weighted by Crippen LogP contribution is -2.47. The second kappa shape index (κ2) is 9.20. The van der Waals surface area contributed by atoms with Crippen LogP contribution in [0.4, 0.5) is 11.4 Å². The van der Waals surface area contributed by atoms with Gasteiger partial charge in [0.15, 0.2) is 0 Å². The molecule has 166 valence electrons. The van der Waals surface area contributed by atoms with Crippen LogP contribution in [0.2, 0.25) is 0 Å². The lowest BCUT2D eigenvalue weighted by molar-refractivity contribution is -0.118. The van der Waals surface area contributed by atoms with Gasteiger partial charge >= 0.3 is 0 Å². The van der Waals surface area contributed by atoms with Gasteiger partial charge in [0.05, 0.1) is 4.90 Å². The van der Waals surface area contributed by atoms with Gasteiger partial charge in [-0.1, -0.05) is 26.0 Å². The number of aryl methyl sites for hydroxylation is 2. The molecule has 0 spiro atoms. The average Bonchev–Trinajstić information content (AvgIpc) is 2.89. The minimum absolute atomic E-state index is 0.0736. The molecule has 1 aliphatic heterocycles. The van der Waals surface area contributed by atoms with E-state index in [-0.39, 0.29) is 16.7 Å². The first-order chi connectivity index (χ1) is 14.6. The molecule has 1 unspecified atom stereocenters.